The largest absolute Gasteiger partial charge is 0.411 e. The van der Waals surface area contributed by atoms with E-state index < -0.39 is 10.1 Å². The lowest BCUT2D eigenvalue weighted by molar-refractivity contribution is 0.319. The first kappa shape index (κ1) is 11.0. The quantitative estimate of drug-likeness (QED) is 0.304. The third-order valence-electron chi connectivity index (χ3n) is 1.51. The van der Waals surface area contributed by atoms with Crippen molar-refractivity contribution in [2.45, 2.75) is 11.8 Å². The summed E-state index contributed by atoms with van der Waals surface area (Å²) in [6.07, 6.45) is 0. The molecule has 0 aliphatic heterocycles. The van der Waals surface area contributed by atoms with E-state index in [0.717, 1.165) is 17.4 Å². The maximum Gasteiger partial charge on any atom is 0.297 e. The van der Waals surface area contributed by atoms with Gasteiger partial charge in [0.2, 0.25) is 0 Å². The summed E-state index contributed by atoms with van der Waals surface area (Å²) in [5.41, 5.74) is 5.60. The van der Waals surface area contributed by atoms with Crippen LogP contribution in [-0.4, -0.2) is 23.9 Å². The Morgan fingerprint density at radius 2 is 2.21 bits per heavy atom. The van der Waals surface area contributed by atoms with Crippen molar-refractivity contribution in [1.29, 1.82) is 0 Å². The Hall–Kier alpha value is -1.12. The Morgan fingerprint density at radius 3 is 2.57 bits per heavy atom. The fourth-order valence-corrected chi connectivity index (χ4v) is 2.62. The van der Waals surface area contributed by atoms with Crippen LogP contribution in [0.2, 0.25) is 0 Å². The maximum atomic E-state index is 10.8. The average molecular weight is 236 g/mol. The predicted octanol–water partition coefficient (Wildman–Crippen LogP) is 0.775. The highest BCUT2D eigenvalue weighted by molar-refractivity contribution is 7.86. The molecule has 0 atom stereocenters. The SMILES string of the molecule is C/C(=N/O)c1cc(S(=O)(=O)O)c(N)s1. The number of nitrogen functional groups attached to an aromatic ring is 1. The molecule has 0 amide bonds. The standard InChI is InChI=1S/C6H8N2O4S2/c1-3(8-9)4-2-5(6(7)13-4)14(10,11)12/h2,9H,7H2,1H3,(H,10,11,12)/b8-3-. The summed E-state index contributed by atoms with van der Waals surface area (Å²) in [7, 11) is -4.31. The summed E-state index contributed by atoms with van der Waals surface area (Å²) >= 11 is 0.922. The van der Waals surface area contributed by atoms with E-state index in [0.29, 0.717) is 4.88 Å². The third kappa shape index (κ3) is 2.03. The van der Waals surface area contributed by atoms with Gasteiger partial charge in [-0.15, -0.1) is 11.3 Å². The van der Waals surface area contributed by atoms with Crippen molar-refractivity contribution >= 4 is 32.2 Å². The molecule has 0 radical (unpaired) electrons. The molecule has 6 nitrogen and oxygen atoms in total. The van der Waals surface area contributed by atoms with E-state index in [4.69, 9.17) is 15.5 Å². The number of nitrogens with two attached hydrogens (primary N) is 1. The zero-order valence-corrected chi connectivity index (χ0v) is 8.76. The van der Waals surface area contributed by atoms with Gasteiger partial charge >= 0.3 is 0 Å². The molecule has 0 bridgehead atoms. The molecular formula is C6H8N2O4S2. The Bertz CT molecular complexity index is 474. The van der Waals surface area contributed by atoms with Crippen LogP contribution in [0.4, 0.5) is 5.00 Å². The monoisotopic (exact) mass is 236 g/mol. The van der Waals surface area contributed by atoms with Crippen molar-refractivity contribution in [2.75, 3.05) is 5.73 Å². The highest BCUT2D eigenvalue weighted by Gasteiger charge is 2.18. The molecule has 1 heterocycles. The first-order chi connectivity index (χ1) is 6.36. The predicted molar refractivity (Wildman–Crippen MR) is 52.5 cm³/mol. The number of thiophene rings is 1. The summed E-state index contributed by atoms with van der Waals surface area (Å²) in [5.74, 6) is 0. The maximum absolute atomic E-state index is 10.8. The summed E-state index contributed by atoms with van der Waals surface area (Å²) in [4.78, 5) is 0.0260. The molecule has 0 aliphatic carbocycles. The van der Waals surface area contributed by atoms with Crippen LogP contribution < -0.4 is 5.73 Å². The van der Waals surface area contributed by atoms with Gasteiger partial charge in [-0.05, 0) is 13.0 Å². The molecule has 14 heavy (non-hydrogen) atoms. The van der Waals surface area contributed by atoms with E-state index in [1.807, 2.05) is 0 Å². The minimum atomic E-state index is -4.31. The molecular weight excluding hydrogens is 228 g/mol. The molecule has 0 fully saturated rings. The molecule has 78 valence electrons. The molecule has 1 aromatic heterocycles. The summed E-state index contributed by atoms with van der Waals surface area (Å²) in [6, 6.07) is 1.16. The Morgan fingerprint density at radius 1 is 1.64 bits per heavy atom. The van der Waals surface area contributed by atoms with Crippen LogP contribution in [0.3, 0.4) is 0 Å². The van der Waals surface area contributed by atoms with Gasteiger partial charge in [-0.3, -0.25) is 4.55 Å². The molecule has 0 aromatic carbocycles. The molecule has 0 aliphatic rings. The number of oxime groups is 1. The van der Waals surface area contributed by atoms with Crippen LogP contribution in [-0.2, 0) is 10.1 Å². The van der Waals surface area contributed by atoms with Gasteiger partial charge in [-0.1, -0.05) is 5.16 Å². The fourth-order valence-electron chi connectivity index (χ4n) is 0.818. The van der Waals surface area contributed by atoms with Crippen LogP contribution in [0.5, 0.6) is 0 Å². The van der Waals surface area contributed by atoms with E-state index in [9.17, 15) is 8.42 Å². The van der Waals surface area contributed by atoms with Crippen molar-refractivity contribution in [3.8, 4) is 0 Å². The van der Waals surface area contributed by atoms with Crippen LogP contribution in [0.15, 0.2) is 16.1 Å². The molecule has 1 rings (SSSR count). The summed E-state index contributed by atoms with van der Waals surface area (Å²) in [6.45, 7) is 1.49. The van der Waals surface area contributed by atoms with Gasteiger partial charge in [0.15, 0.2) is 0 Å². The van der Waals surface area contributed by atoms with E-state index in [1.54, 1.807) is 0 Å². The van der Waals surface area contributed by atoms with Gasteiger partial charge in [-0.25, -0.2) is 0 Å². The molecule has 0 unspecified atom stereocenters. The van der Waals surface area contributed by atoms with Gasteiger partial charge in [0.05, 0.1) is 10.6 Å². The van der Waals surface area contributed by atoms with Gasteiger partial charge in [0.25, 0.3) is 10.1 Å². The van der Waals surface area contributed by atoms with E-state index in [2.05, 4.69) is 5.16 Å². The van der Waals surface area contributed by atoms with Crippen molar-refractivity contribution in [2.24, 2.45) is 5.16 Å². The minimum Gasteiger partial charge on any atom is -0.411 e. The molecule has 4 N–H and O–H groups in total. The second-order valence-corrected chi connectivity index (χ2v) is 4.97. The van der Waals surface area contributed by atoms with Gasteiger partial charge < -0.3 is 10.9 Å². The zero-order chi connectivity index (χ0) is 10.9. The zero-order valence-electron chi connectivity index (χ0n) is 7.13. The molecule has 1 aromatic rings. The summed E-state index contributed by atoms with van der Waals surface area (Å²) < 4.78 is 30.2. The summed E-state index contributed by atoms with van der Waals surface area (Å²) in [5, 5.41) is 11.3. The first-order valence-electron chi connectivity index (χ1n) is 3.42. The highest BCUT2D eigenvalue weighted by atomic mass is 32.2. The number of rotatable bonds is 2. The van der Waals surface area contributed by atoms with Crippen molar-refractivity contribution in [3.05, 3.63) is 10.9 Å². The molecule has 0 saturated carbocycles. The average Bonchev–Trinajstić information content (AvgIpc) is 2.45. The van der Waals surface area contributed by atoms with Crippen LogP contribution in [0, 0.1) is 0 Å². The second kappa shape index (κ2) is 3.56. The van der Waals surface area contributed by atoms with Crippen molar-refractivity contribution < 1.29 is 18.2 Å². The smallest absolute Gasteiger partial charge is 0.297 e. The number of nitrogens with zero attached hydrogens (tertiary/aromatic N) is 1. The number of hydrogen-bond acceptors (Lipinski definition) is 6. The lowest BCUT2D eigenvalue weighted by atomic mass is 10.3. The van der Waals surface area contributed by atoms with Crippen molar-refractivity contribution in [1.82, 2.24) is 0 Å². The van der Waals surface area contributed by atoms with Crippen LogP contribution in [0.1, 0.15) is 11.8 Å². The highest BCUT2D eigenvalue weighted by Crippen LogP contribution is 2.29. The van der Waals surface area contributed by atoms with E-state index >= 15 is 0 Å². The van der Waals surface area contributed by atoms with E-state index in [-0.39, 0.29) is 15.6 Å². The topological polar surface area (TPSA) is 113 Å². The number of hydrogen-bond donors (Lipinski definition) is 3. The lowest BCUT2D eigenvalue weighted by Crippen LogP contribution is -1.99. The molecule has 0 saturated heterocycles. The molecule has 8 heteroatoms. The van der Waals surface area contributed by atoms with Crippen molar-refractivity contribution in [3.63, 3.8) is 0 Å². The number of anilines is 1. The van der Waals surface area contributed by atoms with Gasteiger partial charge in [0, 0.05) is 0 Å². The Labute approximate surface area is 84.4 Å². The first-order valence-corrected chi connectivity index (χ1v) is 5.67. The normalized spacial score (nSPS) is 13.1. The van der Waals surface area contributed by atoms with Crippen LogP contribution in [0.25, 0.3) is 0 Å². The molecule has 0 spiro atoms. The Balaban J connectivity index is 3.33. The van der Waals surface area contributed by atoms with Gasteiger partial charge in [0.1, 0.15) is 9.90 Å². The van der Waals surface area contributed by atoms with Crippen LogP contribution >= 0.6 is 11.3 Å². The van der Waals surface area contributed by atoms with E-state index in [1.165, 1.54) is 6.92 Å². The lowest BCUT2D eigenvalue weighted by Gasteiger charge is -1.91. The van der Waals surface area contributed by atoms with Gasteiger partial charge in [-0.2, -0.15) is 8.42 Å². The third-order valence-corrected chi connectivity index (χ3v) is 3.61. The minimum absolute atomic E-state index is 0.0366. The fraction of sp³-hybridized carbons (Fsp3) is 0.167. The second-order valence-electron chi connectivity index (χ2n) is 2.50. The Kier molecular flexibility index (Phi) is 2.79.